The highest BCUT2D eigenvalue weighted by Crippen LogP contribution is 2.14. The molecule has 10 heteroatoms. The van der Waals surface area contributed by atoms with Gasteiger partial charge in [0.25, 0.3) is 0 Å². The van der Waals surface area contributed by atoms with Crippen molar-refractivity contribution < 1.29 is 30.1 Å². The fourth-order valence-corrected chi connectivity index (χ4v) is 0.462. The van der Waals surface area contributed by atoms with Crippen LogP contribution in [-0.2, 0) is 19.6 Å². The monoisotopic (exact) mass is 242 g/mol. The van der Waals surface area contributed by atoms with Gasteiger partial charge in [0.15, 0.2) is 0 Å². The van der Waals surface area contributed by atoms with Crippen LogP contribution in [0.4, 0.5) is 0 Å². The summed E-state index contributed by atoms with van der Waals surface area (Å²) in [5.41, 5.74) is 10.8. The van der Waals surface area contributed by atoms with Crippen molar-refractivity contribution in [3.63, 3.8) is 0 Å². The molecule has 10 nitrogen and oxygen atoms in total. The highest BCUT2D eigenvalue weighted by molar-refractivity contribution is 4.54. The molecule has 0 radical (unpaired) electrons. The van der Waals surface area contributed by atoms with Gasteiger partial charge in [-0.2, -0.15) is 19.6 Å². The number of rotatable bonds is 7. The minimum absolute atomic E-state index is 1.14. The Morgan fingerprint density at radius 1 is 0.812 bits per heavy atom. The molecule has 0 rings (SSSR count). The quantitative estimate of drug-likeness (QED) is 0.229. The van der Waals surface area contributed by atoms with Crippen LogP contribution in [0.15, 0.2) is 0 Å². The van der Waals surface area contributed by atoms with Crippen molar-refractivity contribution in [2.45, 2.75) is 12.1 Å². The molecule has 0 aromatic heterocycles. The Morgan fingerprint density at radius 2 is 1.06 bits per heavy atom. The van der Waals surface area contributed by atoms with Gasteiger partial charge in [0.2, 0.25) is 0 Å². The lowest BCUT2D eigenvalue weighted by Crippen LogP contribution is -2.62. The van der Waals surface area contributed by atoms with E-state index >= 15 is 0 Å². The van der Waals surface area contributed by atoms with E-state index in [0.29, 0.717) is 0 Å². The van der Waals surface area contributed by atoms with E-state index in [1.165, 1.54) is 28.2 Å². The van der Waals surface area contributed by atoms with E-state index in [-0.39, 0.29) is 0 Å². The normalized spacial score (nSPS) is 19.9. The van der Waals surface area contributed by atoms with Gasteiger partial charge in [-0.1, -0.05) is 0 Å². The zero-order valence-electron chi connectivity index (χ0n) is 9.58. The Kier molecular flexibility index (Phi) is 5.64. The Hall–Kier alpha value is -0.400. The first-order valence-electron chi connectivity index (χ1n) is 4.16. The summed E-state index contributed by atoms with van der Waals surface area (Å²) in [4.78, 5) is 19.1. The second-order valence-electron chi connectivity index (χ2n) is 3.40. The third-order valence-corrected chi connectivity index (χ3v) is 1.79. The molecule has 98 valence electrons. The van der Waals surface area contributed by atoms with E-state index in [2.05, 4.69) is 19.6 Å². The molecule has 0 saturated carbocycles. The standard InChI is InChI=1S/C6H18N4O6/c1-9(2)5(7,13-11)15-16-6(8,14-12)10(3)4/h11-12H,7-8H2,1-4H3. The van der Waals surface area contributed by atoms with E-state index < -0.39 is 12.1 Å². The first-order chi connectivity index (χ1) is 7.22. The van der Waals surface area contributed by atoms with Crippen LogP contribution >= 0.6 is 0 Å². The molecule has 0 aromatic carbocycles. The summed E-state index contributed by atoms with van der Waals surface area (Å²) in [6.45, 7) is 0. The zero-order chi connectivity index (χ0) is 13.0. The van der Waals surface area contributed by atoms with Crippen molar-refractivity contribution in [3.05, 3.63) is 0 Å². The van der Waals surface area contributed by atoms with Crippen LogP contribution < -0.4 is 11.5 Å². The number of hydrogen-bond acceptors (Lipinski definition) is 10. The zero-order valence-corrected chi connectivity index (χ0v) is 9.58. The fourth-order valence-electron chi connectivity index (χ4n) is 0.462. The van der Waals surface area contributed by atoms with E-state index in [9.17, 15) is 0 Å². The van der Waals surface area contributed by atoms with Gasteiger partial charge in [-0.05, 0) is 28.2 Å². The molecular formula is C6H18N4O6. The fraction of sp³-hybridized carbons (Fsp3) is 1.00. The van der Waals surface area contributed by atoms with Crippen molar-refractivity contribution in [1.29, 1.82) is 0 Å². The summed E-state index contributed by atoms with van der Waals surface area (Å²) in [5.74, 6) is 0. The van der Waals surface area contributed by atoms with Gasteiger partial charge < -0.3 is 0 Å². The van der Waals surface area contributed by atoms with Crippen LogP contribution in [0.5, 0.6) is 0 Å². The minimum Gasteiger partial charge on any atom is -0.261 e. The Labute approximate surface area is 92.6 Å². The van der Waals surface area contributed by atoms with Crippen LogP contribution in [0.2, 0.25) is 0 Å². The predicted molar refractivity (Wildman–Crippen MR) is 50.8 cm³/mol. The molecule has 0 aromatic rings. The van der Waals surface area contributed by atoms with E-state index in [1.807, 2.05) is 0 Å². The maximum atomic E-state index is 8.53. The molecular weight excluding hydrogens is 224 g/mol. The third kappa shape index (κ3) is 3.57. The van der Waals surface area contributed by atoms with Crippen LogP contribution in [0.25, 0.3) is 0 Å². The van der Waals surface area contributed by atoms with Crippen molar-refractivity contribution in [3.8, 4) is 0 Å². The topological polar surface area (TPSA) is 136 Å². The Balaban J connectivity index is 4.52. The molecule has 0 fully saturated rings. The van der Waals surface area contributed by atoms with E-state index in [0.717, 1.165) is 9.80 Å². The summed E-state index contributed by atoms with van der Waals surface area (Å²) >= 11 is 0. The Bertz CT molecular complexity index is 195. The highest BCUT2D eigenvalue weighted by atomic mass is 17.3. The molecule has 0 bridgehead atoms. The molecule has 6 N–H and O–H groups in total. The van der Waals surface area contributed by atoms with Crippen molar-refractivity contribution in [1.82, 2.24) is 9.80 Å². The van der Waals surface area contributed by atoms with E-state index in [1.54, 1.807) is 0 Å². The van der Waals surface area contributed by atoms with Crippen molar-refractivity contribution in [2.75, 3.05) is 28.2 Å². The second kappa shape index (κ2) is 5.79. The summed E-state index contributed by atoms with van der Waals surface area (Å²) < 4.78 is 0. The summed E-state index contributed by atoms with van der Waals surface area (Å²) in [5, 5.41) is 17.1. The smallest absolute Gasteiger partial charge is 0.261 e. The molecule has 0 saturated heterocycles. The Morgan fingerprint density at radius 3 is 1.19 bits per heavy atom. The van der Waals surface area contributed by atoms with Gasteiger partial charge in [-0.25, -0.2) is 20.3 Å². The molecule has 2 unspecified atom stereocenters. The molecule has 0 aliphatic rings. The molecule has 2 atom stereocenters. The average Bonchev–Trinajstić information content (AvgIpc) is 2.24. The molecule has 0 amide bonds. The van der Waals surface area contributed by atoms with Crippen molar-refractivity contribution in [2.24, 2.45) is 11.5 Å². The number of nitrogens with two attached hydrogens (primary N) is 2. The van der Waals surface area contributed by atoms with Crippen molar-refractivity contribution >= 4 is 0 Å². The third-order valence-electron chi connectivity index (χ3n) is 1.79. The molecule has 0 spiro atoms. The SMILES string of the molecule is CN(C)C(N)(OO)OOC(N)(OO)N(C)C. The summed E-state index contributed by atoms with van der Waals surface area (Å²) in [6.07, 6.45) is 0. The van der Waals surface area contributed by atoms with Gasteiger partial charge in [0.05, 0.1) is 0 Å². The van der Waals surface area contributed by atoms with Crippen LogP contribution in [0.1, 0.15) is 0 Å². The minimum atomic E-state index is -2.10. The summed E-state index contributed by atoms with van der Waals surface area (Å²) in [6, 6.07) is -4.20. The van der Waals surface area contributed by atoms with E-state index in [4.69, 9.17) is 22.0 Å². The van der Waals surface area contributed by atoms with Gasteiger partial charge in [0, 0.05) is 0 Å². The largest absolute Gasteiger partial charge is 0.347 e. The van der Waals surface area contributed by atoms with Crippen LogP contribution in [0.3, 0.4) is 0 Å². The van der Waals surface area contributed by atoms with Gasteiger partial charge in [-0.3, -0.25) is 11.5 Å². The van der Waals surface area contributed by atoms with Gasteiger partial charge >= 0.3 is 12.1 Å². The van der Waals surface area contributed by atoms with Crippen LogP contribution in [-0.4, -0.2) is 60.6 Å². The second-order valence-corrected chi connectivity index (χ2v) is 3.40. The average molecular weight is 242 g/mol. The lowest BCUT2D eigenvalue weighted by Gasteiger charge is -2.35. The number of nitrogens with zero attached hydrogens (tertiary/aromatic N) is 2. The number of hydrogen-bond donors (Lipinski definition) is 4. The molecule has 16 heavy (non-hydrogen) atoms. The lowest BCUT2D eigenvalue weighted by molar-refractivity contribution is -0.606. The van der Waals surface area contributed by atoms with Crippen LogP contribution in [0, 0.1) is 0 Å². The highest BCUT2D eigenvalue weighted by Gasteiger charge is 2.40. The summed E-state index contributed by atoms with van der Waals surface area (Å²) in [7, 11) is 5.75. The first-order valence-corrected chi connectivity index (χ1v) is 4.16. The maximum Gasteiger partial charge on any atom is 0.347 e. The van der Waals surface area contributed by atoms with Gasteiger partial charge in [0.1, 0.15) is 0 Å². The predicted octanol–water partition coefficient (Wildman–Crippen LogP) is -1.82. The lowest BCUT2D eigenvalue weighted by atomic mass is 10.7. The molecule has 0 heterocycles. The van der Waals surface area contributed by atoms with Gasteiger partial charge in [-0.15, -0.1) is 0 Å². The molecule has 0 aliphatic heterocycles. The molecule has 0 aliphatic carbocycles. The first kappa shape index (κ1) is 15.6. The maximum absolute atomic E-state index is 8.53.